The van der Waals surface area contributed by atoms with E-state index in [-0.39, 0.29) is 21.7 Å². The molecular formula is C30H52O3. The lowest BCUT2D eigenvalue weighted by atomic mass is 9.35. The van der Waals surface area contributed by atoms with E-state index in [1.165, 1.54) is 32.1 Å². The van der Waals surface area contributed by atoms with Gasteiger partial charge in [0.1, 0.15) is 5.78 Å². The van der Waals surface area contributed by atoms with Crippen LogP contribution in [-0.4, -0.2) is 27.2 Å². The molecule has 4 rings (SSSR count). The van der Waals surface area contributed by atoms with Crippen LogP contribution in [0.4, 0.5) is 0 Å². The fraction of sp³-hybridized carbons (Fsp3) is 0.967. The first-order valence-corrected chi connectivity index (χ1v) is 14.0. The molecule has 0 amide bonds. The fourth-order valence-corrected chi connectivity index (χ4v) is 10.4. The van der Waals surface area contributed by atoms with Crippen molar-refractivity contribution < 1.29 is 15.0 Å². The van der Waals surface area contributed by atoms with Crippen LogP contribution in [-0.2, 0) is 4.79 Å². The molecule has 3 heteroatoms. The van der Waals surface area contributed by atoms with E-state index in [1.54, 1.807) is 0 Å². The van der Waals surface area contributed by atoms with Crippen molar-refractivity contribution in [3.05, 3.63) is 0 Å². The molecule has 0 spiro atoms. The molecule has 190 valence electrons. The van der Waals surface area contributed by atoms with Gasteiger partial charge in [0.05, 0.1) is 11.2 Å². The van der Waals surface area contributed by atoms with E-state index in [1.807, 2.05) is 13.8 Å². The van der Waals surface area contributed by atoms with E-state index in [2.05, 4.69) is 41.5 Å². The van der Waals surface area contributed by atoms with Gasteiger partial charge in [0.2, 0.25) is 0 Å². The zero-order valence-corrected chi connectivity index (χ0v) is 22.9. The summed E-state index contributed by atoms with van der Waals surface area (Å²) in [6, 6.07) is 0. The van der Waals surface area contributed by atoms with E-state index in [9.17, 15) is 15.0 Å². The van der Waals surface area contributed by atoms with Gasteiger partial charge in [-0.2, -0.15) is 0 Å². The normalized spacial score (nSPS) is 46.8. The molecule has 4 saturated carbocycles. The lowest BCUT2D eigenvalue weighted by Gasteiger charge is -2.69. The van der Waals surface area contributed by atoms with Gasteiger partial charge in [-0.05, 0) is 125 Å². The molecule has 4 aliphatic carbocycles. The highest BCUT2D eigenvalue weighted by atomic mass is 16.3. The molecule has 0 radical (unpaired) electrons. The van der Waals surface area contributed by atoms with Gasteiger partial charge in [-0.3, -0.25) is 4.79 Å². The standard InChI is InChI=1S/C30H52O3/c1-25(2,32)15-9-16-30(8,33)21-12-18-28(6)20(21)10-11-23-27(5)17-14-24(31)26(3,4)22(27)13-19-29(23,28)7/h20-23,32-33H,9-19H2,1-8H3/t20-,21-,22?,23+,27-,28-,29+,30-/m0/s1. The Kier molecular flexibility index (Phi) is 6.06. The number of hydrogen-bond donors (Lipinski definition) is 2. The second kappa shape index (κ2) is 7.79. The fourth-order valence-electron chi connectivity index (χ4n) is 10.4. The Morgan fingerprint density at radius 1 is 0.818 bits per heavy atom. The minimum Gasteiger partial charge on any atom is -0.390 e. The van der Waals surface area contributed by atoms with E-state index in [0.29, 0.717) is 29.5 Å². The number of carbonyl (C=O) groups excluding carboxylic acids is 1. The van der Waals surface area contributed by atoms with Gasteiger partial charge < -0.3 is 10.2 Å². The largest absolute Gasteiger partial charge is 0.390 e. The Labute approximate surface area is 203 Å². The van der Waals surface area contributed by atoms with Crippen LogP contribution < -0.4 is 0 Å². The molecule has 4 fully saturated rings. The third-order valence-electron chi connectivity index (χ3n) is 12.4. The number of Topliss-reactive ketones (excluding diaryl/α,β-unsaturated/α-hetero) is 1. The molecule has 0 aromatic carbocycles. The Morgan fingerprint density at radius 2 is 1.45 bits per heavy atom. The highest BCUT2D eigenvalue weighted by Gasteiger charge is 2.69. The van der Waals surface area contributed by atoms with Crippen molar-refractivity contribution in [2.75, 3.05) is 0 Å². The summed E-state index contributed by atoms with van der Waals surface area (Å²) in [5.41, 5.74) is -0.692. The SMILES string of the molecule is CC(C)(O)CCC[C@](C)(O)[C@H]1CC[C@@]2(C)[C@H]1CC[C@@H]1[C@@]3(C)CCC(=O)C(C)(C)C3CC[C@]12C. The van der Waals surface area contributed by atoms with Gasteiger partial charge in [-0.25, -0.2) is 0 Å². The molecule has 4 aliphatic rings. The molecule has 0 aromatic heterocycles. The quantitative estimate of drug-likeness (QED) is 0.467. The Bertz CT molecular complexity index is 776. The van der Waals surface area contributed by atoms with Crippen molar-refractivity contribution in [1.29, 1.82) is 0 Å². The number of fused-ring (bicyclic) bond motifs is 5. The van der Waals surface area contributed by atoms with Crippen molar-refractivity contribution in [1.82, 2.24) is 0 Å². The van der Waals surface area contributed by atoms with Gasteiger partial charge in [0, 0.05) is 11.8 Å². The van der Waals surface area contributed by atoms with Gasteiger partial charge >= 0.3 is 0 Å². The van der Waals surface area contributed by atoms with E-state index in [0.717, 1.165) is 38.5 Å². The first-order valence-electron chi connectivity index (χ1n) is 14.0. The molecule has 0 aromatic rings. The van der Waals surface area contributed by atoms with Crippen molar-refractivity contribution in [3.8, 4) is 0 Å². The summed E-state index contributed by atoms with van der Waals surface area (Å²) >= 11 is 0. The lowest BCUT2D eigenvalue weighted by Crippen LogP contribution is -2.63. The van der Waals surface area contributed by atoms with Crippen molar-refractivity contribution in [2.24, 2.45) is 45.3 Å². The number of hydrogen-bond acceptors (Lipinski definition) is 3. The Balaban J connectivity index is 1.58. The van der Waals surface area contributed by atoms with Gasteiger partial charge in [-0.1, -0.05) is 34.6 Å². The monoisotopic (exact) mass is 460 g/mol. The molecule has 0 aliphatic heterocycles. The summed E-state index contributed by atoms with van der Waals surface area (Å²) in [7, 11) is 0. The second-order valence-corrected chi connectivity index (χ2v) is 15.0. The zero-order valence-electron chi connectivity index (χ0n) is 22.9. The zero-order chi connectivity index (χ0) is 24.7. The van der Waals surface area contributed by atoms with Crippen LogP contribution in [0, 0.1) is 45.3 Å². The van der Waals surface area contributed by atoms with Crippen LogP contribution >= 0.6 is 0 Å². The number of carbonyl (C=O) groups is 1. The van der Waals surface area contributed by atoms with Crippen molar-refractivity contribution in [3.63, 3.8) is 0 Å². The van der Waals surface area contributed by atoms with Crippen LogP contribution in [0.5, 0.6) is 0 Å². The van der Waals surface area contributed by atoms with E-state index in [4.69, 9.17) is 0 Å². The maximum Gasteiger partial charge on any atom is 0.138 e. The molecule has 3 nitrogen and oxygen atoms in total. The number of rotatable bonds is 5. The molecular weight excluding hydrogens is 408 g/mol. The summed E-state index contributed by atoms with van der Waals surface area (Å²) in [6.07, 6.45) is 11.5. The third-order valence-corrected chi connectivity index (χ3v) is 12.4. The minimum absolute atomic E-state index is 0.186. The topological polar surface area (TPSA) is 57.5 Å². The molecule has 2 N–H and O–H groups in total. The molecule has 0 saturated heterocycles. The predicted octanol–water partition coefficient (Wildman–Crippen LogP) is 6.93. The maximum absolute atomic E-state index is 12.9. The second-order valence-electron chi connectivity index (χ2n) is 15.0. The van der Waals surface area contributed by atoms with Crippen LogP contribution in [0.3, 0.4) is 0 Å². The smallest absolute Gasteiger partial charge is 0.138 e. The summed E-state index contributed by atoms with van der Waals surface area (Å²) in [5, 5.41) is 21.8. The van der Waals surface area contributed by atoms with E-state index < -0.39 is 11.2 Å². The number of aliphatic hydroxyl groups is 2. The molecule has 0 heterocycles. The lowest BCUT2D eigenvalue weighted by molar-refractivity contribution is -0.207. The third kappa shape index (κ3) is 3.78. The summed E-state index contributed by atoms with van der Waals surface area (Å²) < 4.78 is 0. The minimum atomic E-state index is -0.658. The highest BCUT2D eigenvalue weighted by molar-refractivity contribution is 5.85. The molecule has 1 unspecified atom stereocenters. The first-order chi connectivity index (χ1) is 15.0. The van der Waals surface area contributed by atoms with Crippen LogP contribution in [0.2, 0.25) is 0 Å². The van der Waals surface area contributed by atoms with E-state index >= 15 is 0 Å². The predicted molar refractivity (Wildman–Crippen MR) is 135 cm³/mol. The average molecular weight is 461 g/mol. The first kappa shape index (κ1) is 25.7. The Hall–Kier alpha value is -0.410. The molecule has 8 atom stereocenters. The van der Waals surface area contributed by atoms with Crippen molar-refractivity contribution in [2.45, 2.75) is 137 Å². The molecule has 0 bridgehead atoms. The van der Waals surface area contributed by atoms with Crippen LogP contribution in [0.15, 0.2) is 0 Å². The molecule has 33 heavy (non-hydrogen) atoms. The Morgan fingerprint density at radius 3 is 2.09 bits per heavy atom. The van der Waals surface area contributed by atoms with Crippen LogP contribution in [0.1, 0.15) is 126 Å². The average Bonchev–Trinajstić information content (AvgIpc) is 3.03. The van der Waals surface area contributed by atoms with Crippen molar-refractivity contribution >= 4 is 5.78 Å². The van der Waals surface area contributed by atoms with Gasteiger partial charge in [-0.15, -0.1) is 0 Å². The van der Waals surface area contributed by atoms with Crippen LogP contribution in [0.25, 0.3) is 0 Å². The summed E-state index contributed by atoms with van der Waals surface area (Å²) in [6.45, 7) is 18.0. The summed E-state index contributed by atoms with van der Waals surface area (Å²) in [5.74, 6) is 2.60. The highest BCUT2D eigenvalue weighted by Crippen LogP contribution is 2.75. The van der Waals surface area contributed by atoms with Gasteiger partial charge in [0.25, 0.3) is 0 Å². The maximum atomic E-state index is 12.9. The number of ketones is 1. The van der Waals surface area contributed by atoms with Gasteiger partial charge in [0.15, 0.2) is 0 Å². The summed E-state index contributed by atoms with van der Waals surface area (Å²) in [4.78, 5) is 12.9.